The Balaban J connectivity index is 1.65. The zero-order chi connectivity index (χ0) is 18.5. The van der Waals surface area contributed by atoms with Gasteiger partial charge in [0.15, 0.2) is 5.82 Å². The highest BCUT2D eigenvalue weighted by Gasteiger charge is 2.19. The number of carbonyl (C=O) groups is 2. The monoisotopic (exact) mass is 355 g/mol. The number of aromatic amines is 1. The van der Waals surface area contributed by atoms with Gasteiger partial charge in [0.25, 0.3) is 5.91 Å². The summed E-state index contributed by atoms with van der Waals surface area (Å²) in [6, 6.07) is 8.01. The quantitative estimate of drug-likeness (QED) is 0.620. The maximum absolute atomic E-state index is 12.2. The van der Waals surface area contributed by atoms with Crippen LogP contribution in [-0.4, -0.2) is 40.1 Å². The topological polar surface area (TPSA) is 122 Å². The Morgan fingerprint density at radius 1 is 1.27 bits per heavy atom. The van der Waals surface area contributed by atoms with Crippen molar-refractivity contribution in [3.05, 3.63) is 48.4 Å². The van der Waals surface area contributed by atoms with E-state index in [0.717, 1.165) is 0 Å². The minimum Gasteiger partial charge on any atom is -0.496 e. The number of carbonyl (C=O) groups excluding carboxylic acids is 2. The highest BCUT2D eigenvalue weighted by atomic mass is 16.5. The van der Waals surface area contributed by atoms with Crippen molar-refractivity contribution >= 4 is 17.8 Å². The summed E-state index contributed by atoms with van der Waals surface area (Å²) in [6.07, 6.45) is 2.68. The van der Waals surface area contributed by atoms with E-state index in [1.54, 1.807) is 20.1 Å². The second-order valence-electron chi connectivity index (χ2n) is 5.40. The van der Waals surface area contributed by atoms with Gasteiger partial charge < -0.3 is 14.5 Å². The standard InChI is InChI=1S/C17H17N5O4/c1-10(18-16(24)11-7-8-26-9-11)15(23)20-17-19-14(21-22-17)12-5-3-4-6-13(12)25-2/h3-10H,1-2H3,(H,18,24)(H2,19,20,21,22,23)/t10-/m1/s1. The number of nitrogens with one attached hydrogen (secondary N) is 3. The molecular weight excluding hydrogens is 338 g/mol. The third-order valence-electron chi connectivity index (χ3n) is 3.61. The fraction of sp³-hybridized carbons (Fsp3) is 0.176. The number of anilines is 1. The molecule has 0 unspecified atom stereocenters. The van der Waals surface area contributed by atoms with E-state index in [0.29, 0.717) is 22.7 Å². The van der Waals surface area contributed by atoms with Gasteiger partial charge in [-0.25, -0.2) is 0 Å². The van der Waals surface area contributed by atoms with Crippen LogP contribution in [0.3, 0.4) is 0 Å². The average molecular weight is 355 g/mol. The molecule has 0 saturated carbocycles. The van der Waals surface area contributed by atoms with Gasteiger partial charge in [0.2, 0.25) is 11.9 Å². The summed E-state index contributed by atoms with van der Waals surface area (Å²) in [6.45, 7) is 1.56. The van der Waals surface area contributed by atoms with Gasteiger partial charge in [-0.15, -0.1) is 5.10 Å². The molecular formula is C17H17N5O4. The number of H-pyrrole nitrogens is 1. The van der Waals surface area contributed by atoms with Crippen molar-refractivity contribution in [2.24, 2.45) is 0 Å². The summed E-state index contributed by atoms with van der Waals surface area (Å²) in [7, 11) is 1.56. The molecule has 134 valence electrons. The van der Waals surface area contributed by atoms with Gasteiger partial charge >= 0.3 is 0 Å². The fourth-order valence-electron chi connectivity index (χ4n) is 2.24. The molecule has 9 heteroatoms. The Labute approximate surface area is 148 Å². The van der Waals surface area contributed by atoms with Crippen molar-refractivity contribution in [3.8, 4) is 17.1 Å². The molecule has 0 fully saturated rings. The number of hydrogen-bond acceptors (Lipinski definition) is 6. The van der Waals surface area contributed by atoms with Crippen LogP contribution >= 0.6 is 0 Å². The second kappa shape index (κ2) is 7.51. The predicted molar refractivity (Wildman–Crippen MR) is 92.6 cm³/mol. The first kappa shape index (κ1) is 17.2. The maximum Gasteiger partial charge on any atom is 0.255 e. The summed E-state index contributed by atoms with van der Waals surface area (Å²) < 4.78 is 10.1. The van der Waals surface area contributed by atoms with Crippen LogP contribution in [0.5, 0.6) is 5.75 Å². The third-order valence-corrected chi connectivity index (χ3v) is 3.61. The molecule has 3 N–H and O–H groups in total. The van der Waals surface area contributed by atoms with Gasteiger partial charge in [-0.2, -0.15) is 4.98 Å². The number of nitrogens with zero attached hydrogens (tertiary/aromatic N) is 2. The molecule has 2 heterocycles. The van der Waals surface area contributed by atoms with E-state index in [2.05, 4.69) is 25.8 Å². The van der Waals surface area contributed by atoms with Gasteiger partial charge in [-0.1, -0.05) is 12.1 Å². The van der Waals surface area contributed by atoms with Gasteiger partial charge in [0.05, 0.1) is 24.5 Å². The van der Waals surface area contributed by atoms with Gasteiger partial charge in [0.1, 0.15) is 18.1 Å². The first-order valence-electron chi connectivity index (χ1n) is 7.78. The van der Waals surface area contributed by atoms with E-state index < -0.39 is 17.9 Å². The molecule has 26 heavy (non-hydrogen) atoms. The summed E-state index contributed by atoms with van der Waals surface area (Å²) >= 11 is 0. The lowest BCUT2D eigenvalue weighted by Crippen LogP contribution is -2.41. The van der Waals surface area contributed by atoms with Crippen LogP contribution in [0.4, 0.5) is 5.95 Å². The zero-order valence-electron chi connectivity index (χ0n) is 14.1. The SMILES string of the molecule is COc1ccccc1-c1nc(NC(=O)[C@@H](C)NC(=O)c2ccoc2)n[nH]1. The first-order chi connectivity index (χ1) is 12.6. The molecule has 0 aliphatic heterocycles. The Morgan fingerprint density at radius 2 is 2.08 bits per heavy atom. The molecule has 3 aromatic rings. The number of methoxy groups -OCH3 is 1. The lowest BCUT2D eigenvalue weighted by Gasteiger charge is -2.11. The number of benzene rings is 1. The highest BCUT2D eigenvalue weighted by molar-refractivity contribution is 6.00. The average Bonchev–Trinajstić information content (AvgIpc) is 3.33. The van der Waals surface area contributed by atoms with Crippen LogP contribution < -0.4 is 15.4 Å². The predicted octanol–water partition coefficient (Wildman–Crippen LogP) is 1.83. The van der Waals surface area contributed by atoms with Crippen LogP contribution in [-0.2, 0) is 4.79 Å². The van der Waals surface area contributed by atoms with E-state index in [1.807, 2.05) is 18.2 Å². The second-order valence-corrected chi connectivity index (χ2v) is 5.40. The molecule has 0 aliphatic carbocycles. The minimum absolute atomic E-state index is 0.0975. The van der Waals surface area contributed by atoms with Crippen LogP contribution in [0.15, 0.2) is 47.3 Å². The fourth-order valence-corrected chi connectivity index (χ4v) is 2.24. The van der Waals surface area contributed by atoms with Crippen LogP contribution in [0.25, 0.3) is 11.4 Å². The maximum atomic E-state index is 12.2. The van der Waals surface area contributed by atoms with Crippen molar-refractivity contribution in [1.82, 2.24) is 20.5 Å². The number of furan rings is 1. The normalized spacial score (nSPS) is 11.6. The highest BCUT2D eigenvalue weighted by Crippen LogP contribution is 2.26. The first-order valence-corrected chi connectivity index (χ1v) is 7.78. The Morgan fingerprint density at radius 3 is 2.81 bits per heavy atom. The van der Waals surface area contributed by atoms with E-state index in [9.17, 15) is 9.59 Å². The number of aromatic nitrogens is 3. The smallest absolute Gasteiger partial charge is 0.255 e. The minimum atomic E-state index is -0.786. The number of para-hydroxylation sites is 1. The van der Waals surface area contributed by atoms with Crippen molar-refractivity contribution in [3.63, 3.8) is 0 Å². The molecule has 9 nitrogen and oxygen atoms in total. The summed E-state index contributed by atoms with van der Waals surface area (Å²) in [4.78, 5) is 28.4. The van der Waals surface area contributed by atoms with Crippen molar-refractivity contribution < 1.29 is 18.7 Å². The molecule has 3 rings (SSSR count). The van der Waals surface area contributed by atoms with E-state index in [1.165, 1.54) is 18.6 Å². The Kier molecular flexibility index (Phi) is 4.97. The lowest BCUT2D eigenvalue weighted by molar-refractivity contribution is -0.117. The van der Waals surface area contributed by atoms with Crippen molar-refractivity contribution in [2.45, 2.75) is 13.0 Å². The molecule has 1 atom stereocenters. The Bertz CT molecular complexity index is 904. The van der Waals surface area contributed by atoms with Crippen molar-refractivity contribution in [1.29, 1.82) is 0 Å². The Hall–Kier alpha value is -3.62. The van der Waals surface area contributed by atoms with E-state index >= 15 is 0 Å². The van der Waals surface area contributed by atoms with Crippen LogP contribution in [0, 0.1) is 0 Å². The number of hydrogen-bond donors (Lipinski definition) is 3. The van der Waals surface area contributed by atoms with Gasteiger partial charge in [0, 0.05) is 0 Å². The summed E-state index contributed by atoms with van der Waals surface area (Å²) in [5.41, 5.74) is 1.05. The molecule has 2 amide bonds. The lowest BCUT2D eigenvalue weighted by atomic mass is 10.2. The molecule has 0 aliphatic rings. The summed E-state index contributed by atoms with van der Waals surface area (Å²) in [5, 5.41) is 11.8. The molecule has 0 radical (unpaired) electrons. The largest absolute Gasteiger partial charge is 0.496 e. The summed E-state index contributed by atoms with van der Waals surface area (Å²) in [5.74, 6) is 0.314. The van der Waals surface area contributed by atoms with Crippen LogP contribution in [0.2, 0.25) is 0 Å². The molecule has 1 aromatic carbocycles. The number of amides is 2. The zero-order valence-corrected chi connectivity index (χ0v) is 14.1. The molecule has 0 bridgehead atoms. The van der Waals surface area contributed by atoms with Crippen molar-refractivity contribution in [2.75, 3.05) is 12.4 Å². The van der Waals surface area contributed by atoms with Crippen LogP contribution in [0.1, 0.15) is 17.3 Å². The number of ether oxygens (including phenoxy) is 1. The van der Waals surface area contributed by atoms with E-state index in [4.69, 9.17) is 9.15 Å². The molecule has 0 saturated heterocycles. The molecule has 0 spiro atoms. The molecule has 2 aromatic heterocycles. The van der Waals surface area contributed by atoms with Gasteiger partial charge in [-0.3, -0.25) is 20.0 Å². The van der Waals surface area contributed by atoms with Gasteiger partial charge in [-0.05, 0) is 25.1 Å². The van der Waals surface area contributed by atoms with E-state index in [-0.39, 0.29) is 5.95 Å². The third kappa shape index (κ3) is 3.72. The number of rotatable bonds is 6.